The molecule has 3 nitrogen and oxygen atoms in total. The van der Waals surface area contributed by atoms with Crippen molar-refractivity contribution >= 4 is 28.3 Å². The van der Waals surface area contributed by atoms with Crippen molar-refractivity contribution in [3.8, 4) is 11.8 Å². The van der Waals surface area contributed by atoms with Gasteiger partial charge in [0, 0.05) is 15.8 Å². The number of nitrogens with zero attached hydrogens (tertiary/aromatic N) is 1. The van der Waals surface area contributed by atoms with Crippen LogP contribution in [-0.2, 0) is 6.54 Å². The third kappa shape index (κ3) is 3.39. The zero-order chi connectivity index (χ0) is 14.5. The first-order valence-electron chi connectivity index (χ1n) is 5.90. The molecule has 102 valence electrons. The van der Waals surface area contributed by atoms with Crippen LogP contribution in [0.2, 0.25) is 0 Å². The van der Waals surface area contributed by atoms with E-state index >= 15 is 0 Å². The lowest BCUT2D eigenvalue weighted by molar-refractivity contribution is 0.413. The minimum Gasteiger partial charge on any atom is -0.495 e. The molecule has 0 unspecified atom stereocenters. The monoisotopic (exact) mass is 382 g/mol. The van der Waals surface area contributed by atoms with E-state index in [0.29, 0.717) is 17.9 Å². The second-order valence-corrected chi connectivity index (χ2v) is 5.29. The van der Waals surface area contributed by atoms with Crippen LogP contribution in [-0.4, -0.2) is 7.11 Å². The highest BCUT2D eigenvalue weighted by Gasteiger charge is 2.05. The Morgan fingerprint density at radius 1 is 1.30 bits per heavy atom. The van der Waals surface area contributed by atoms with Gasteiger partial charge < -0.3 is 10.1 Å². The van der Waals surface area contributed by atoms with Gasteiger partial charge in [-0.15, -0.1) is 0 Å². The van der Waals surface area contributed by atoms with Gasteiger partial charge in [-0.2, -0.15) is 5.26 Å². The summed E-state index contributed by atoms with van der Waals surface area (Å²) in [6.07, 6.45) is 0. The summed E-state index contributed by atoms with van der Waals surface area (Å²) in [5, 5.41) is 12.3. The summed E-state index contributed by atoms with van der Waals surface area (Å²) >= 11 is 2.08. The number of anilines is 1. The van der Waals surface area contributed by atoms with Crippen molar-refractivity contribution in [1.82, 2.24) is 0 Å². The van der Waals surface area contributed by atoms with Gasteiger partial charge in [-0.05, 0) is 58.5 Å². The van der Waals surface area contributed by atoms with Crippen molar-refractivity contribution in [1.29, 1.82) is 5.26 Å². The van der Waals surface area contributed by atoms with Crippen LogP contribution in [0.1, 0.15) is 11.1 Å². The fourth-order valence-electron chi connectivity index (χ4n) is 1.78. The summed E-state index contributed by atoms with van der Waals surface area (Å²) in [6.45, 7) is 0.556. The molecule has 0 aliphatic rings. The molecule has 2 aromatic rings. The lowest BCUT2D eigenvalue weighted by atomic mass is 10.1. The van der Waals surface area contributed by atoms with Crippen molar-refractivity contribution in [2.45, 2.75) is 6.54 Å². The summed E-state index contributed by atoms with van der Waals surface area (Å²) in [7, 11) is 1.54. The van der Waals surface area contributed by atoms with Gasteiger partial charge in [-0.3, -0.25) is 0 Å². The maximum atomic E-state index is 13.0. The molecule has 2 aromatic carbocycles. The second-order valence-electron chi connectivity index (χ2n) is 4.12. The standard InChI is InChI=1S/C15H12FIN2O/c1-20-15-5-2-10(6-11(15)8-18)9-19-14-4-3-12(16)7-13(14)17/h2-7,19H,9H2,1H3. The van der Waals surface area contributed by atoms with Crippen LogP contribution in [0.3, 0.4) is 0 Å². The number of methoxy groups -OCH3 is 1. The zero-order valence-electron chi connectivity index (χ0n) is 10.8. The van der Waals surface area contributed by atoms with E-state index in [-0.39, 0.29) is 5.82 Å². The third-order valence-corrected chi connectivity index (χ3v) is 3.69. The minimum absolute atomic E-state index is 0.254. The van der Waals surface area contributed by atoms with Crippen LogP contribution in [0.4, 0.5) is 10.1 Å². The summed E-state index contributed by atoms with van der Waals surface area (Å²) in [5.74, 6) is 0.309. The number of hydrogen-bond acceptors (Lipinski definition) is 3. The quantitative estimate of drug-likeness (QED) is 0.816. The van der Waals surface area contributed by atoms with Gasteiger partial charge in [0.25, 0.3) is 0 Å². The molecular formula is C15H12FIN2O. The number of ether oxygens (including phenoxy) is 1. The number of rotatable bonds is 4. The topological polar surface area (TPSA) is 45.0 Å². The smallest absolute Gasteiger partial charge is 0.136 e. The summed E-state index contributed by atoms with van der Waals surface area (Å²) in [5.41, 5.74) is 2.32. The molecule has 20 heavy (non-hydrogen) atoms. The highest BCUT2D eigenvalue weighted by atomic mass is 127. The molecule has 0 heterocycles. The summed E-state index contributed by atoms with van der Waals surface area (Å²) in [6, 6.07) is 12.1. The Hall–Kier alpha value is -1.81. The van der Waals surface area contributed by atoms with E-state index in [1.165, 1.54) is 19.2 Å². The average Bonchev–Trinajstić information content (AvgIpc) is 2.46. The molecule has 0 amide bonds. The second kappa shape index (κ2) is 6.57. The van der Waals surface area contributed by atoms with Crippen LogP contribution in [0.25, 0.3) is 0 Å². The van der Waals surface area contributed by atoms with E-state index in [0.717, 1.165) is 14.8 Å². The molecule has 0 atom stereocenters. The van der Waals surface area contributed by atoms with E-state index in [1.807, 2.05) is 6.07 Å². The largest absolute Gasteiger partial charge is 0.495 e. The van der Waals surface area contributed by atoms with Crippen LogP contribution < -0.4 is 10.1 Å². The van der Waals surface area contributed by atoms with E-state index in [9.17, 15) is 4.39 Å². The lowest BCUT2D eigenvalue weighted by Crippen LogP contribution is -2.02. The Morgan fingerprint density at radius 2 is 2.10 bits per heavy atom. The Morgan fingerprint density at radius 3 is 2.75 bits per heavy atom. The summed E-state index contributed by atoms with van der Waals surface area (Å²) in [4.78, 5) is 0. The van der Waals surface area contributed by atoms with Crippen LogP contribution in [0, 0.1) is 20.7 Å². The molecular weight excluding hydrogens is 370 g/mol. The number of nitrogens with one attached hydrogen (secondary N) is 1. The molecule has 0 bridgehead atoms. The number of halogens is 2. The highest BCUT2D eigenvalue weighted by molar-refractivity contribution is 14.1. The molecule has 0 radical (unpaired) electrons. The molecule has 0 aromatic heterocycles. The Balaban J connectivity index is 2.13. The van der Waals surface area contributed by atoms with E-state index in [1.54, 1.807) is 18.2 Å². The molecule has 5 heteroatoms. The molecule has 0 fully saturated rings. The van der Waals surface area contributed by atoms with Gasteiger partial charge in [0.15, 0.2) is 0 Å². The molecule has 0 saturated heterocycles. The third-order valence-electron chi connectivity index (χ3n) is 2.80. The first kappa shape index (κ1) is 14.6. The molecule has 0 saturated carbocycles. The van der Waals surface area contributed by atoms with Crippen molar-refractivity contribution in [3.63, 3.8) is 0 Å². The molecule has 2 rings (SSSR count). The van der Waals surface area contributed by atoms with Gasteiger partial charge in [0.1, 0.15) is 17.6 Å². The van der Waals surface area contributed by atoms with Crippen molar-refractivity contribution in [3.05, 3.63) is 56.9 Å². The van der Waals surface area contributed by atoms with Gasteiger partial charge in [0.05, 0.1) is 12.7 Å². The molecule has 1 N–H and O–H groups in total. The fraction of sp³-hybridized carbons (Fsp3) is 0.133. The molecule has 0 aliphatic heterocycles. The summed E-state index contributed by atoms with van der Waals surface area (Å²) < 4.78 is 18.9. The van der Waals surface area contributed by atoms with E-state index in [4.69, 9.17) is 10.00 Å². The number of hydrogen-bond donors (Lipinski definition) is 1. The number of nitriles is 1. The van der Waals surface area contributed by atoms with Gasteiger partial charge in [-0.25, -0.2) is 4.39 Å². The Labute approximate surface area is 130 Å². The average molecular weight is 382 g/mol. The zero-order valence-corrected chi connectivity index (χ0v) is 12.9. The SMILES string of the molecule is COc1ccc(CNc2ccc(F)cc2I)cc1C#N. The minimum atomic E-state index is -0.254. The van der Waals surface area contributed by atoms with Crippen LogP contribution in [0.5, 0.6) is 5.75 Å². The first-order valence-corrected chi connectivity index (χ1v) is 6.98. The maximum Gasteiger partial charge on any atom is 0.136 e. The Kier molecular flexibility index (Phi) is 4.79. The van der Waals surface area contributed by atoms with Gasteiger partial charge >= 0.3 is 0 Å². The predicted octanol–water partition coefficient (Wildman–Crippen LogP) is 3.92. The van der Waals surface area contributed by atoms with Crippen LogP contribution in [0.15, 0.2) is 36.4 Å². The van der Waals surface area contributed by atoms with Gasteiger partial charge in [-0.1, -0.05) is 6.07 Å². The molecule has 0 spiro atoms. The van der Waals surface area contributed by atoms with E-state index < -0.39 is 0 Å². The van der Waals surface area contributed by atoms with E-state index in [2.05, 4.69) is 34.0 Å². The van der Waals surface area contributed by atoms with Crippen molar-refractivity contribution in [2.75, 3.05) is 12.4 Å². The van der Waals surface area contributed by atoms with Crippen molar-refractivity contribution in [2.24, 2.45) is 0 Å². The fourth-order valence-corrected chi connectivity index (χ4v) is 2.45. The number of benzene rings is 2. The van der Waals surface area contributed by atoms with Gasteiger partial charge in [0.2, 0.25) is 0 Å². The highest BCUT2D eigenvalue weighted by Crippen LogP contribution is 2.22. The first-order chi connectivity index (χ1) is 9.63. The normalized spacial score (nSPS) is 9.90. The molecule has 0 aliphatic carbocycles. The lowest BCUT2D eigenvalue weighted by Gasteiger charge is -2.10. The predicted molar refractivity (Wildman–Crippen MR) is 84.2 cm³/mol. The van der Waals surface area contributed by atoms with Crippen LogP contribution >= 0.6 is 22.6 Å². The van der Waals surface area contributed by atoms with Crippen molar-refractivity contribution < 1.29 is 9.13 Å². The Bertz CT molecular complexity index is 667. The maximum absolute atomic E-state index is 13.0.